The molecular formula is C21H21NO2. The maximum Gasteiger partial charge on any atom is 0.408 e. The lowest BCUT2D eigenvalue weighted by Gasteiger charge is -2.18. The van der Waals surface area contributed by atoms with Crippen molar-refractivity contribution in [1.29, 1.82) is 0 Å². The monoisotopic (exact) mass is 319 g/mol. The van der Waals surface area contributed by atoms with E-state index in [1.807, 2.05) is 38.1 Å². The van der Waals surface area contributed by atoms with Crippen molar-refractivity contribution in [3.63, 3.8) is 0 Å². The van der Waals surface area contributed by atoms with Gasteiger partial charge in [0.25, 0.3) is 0 Å². The van der Waals surface area contributed by atoms with Crippen molar-refractivity contribution in [2.45, 2.75) is 25.8 Å². The van der Waals surface area contributed by atoms with Gasteiger partial charge in [0.15, 0.2) is 0 Å². The van der Waals surface area contributed by atoms with E-state index in [1.165, 1.54) is 22.3 Å². The first-order chi connectivity index (χ1) is 11.6. The van der Waals surface area contributed by atoms with E-state index in [4.69, 9.17) is 11.2 Å². The fourth-order valence-corrected chi connectivity index (χ4v) is 3.17. The van der Waals surface area contributed by atoms with E-state index >= 15 is 0 Å². The van der Waals surface area contributed by atoms with Gasteiger partial charge < -0.3 is 10.1 Å². The number of alkyl carbamates (subject to hydrolysis) is 1. The second-order valence-electron chi connectivity index (χ2n) is 6.36. The Hall–Kier alpha value is -2.73. The second kappa shape index (κ2) is 6.80. The van der Waals surface area contributed by atoms with Crippen LogP contribution in [0.5, 0.6) is 0 Å². The standard InChI is InChI=1S/C21H21NO2/c1-4-20(14(2)3)22-21(23)24-13-19-17-11-7-5-9-15(17)16-10-6-8-12-18(16)19/h1,5-12,14,19-20H,13H2,2-3H3,(H,22,23). The van der Waals surface area contributed by atoms with Crippen molar-refractivity contribution in [1.82, 2.24) is 5.32 Å². The average molecular weight is 319 g/mol. The van der Waals surface area contributed by atoms with E-state index in [-0.39, 0.29) is 17.9 Å². The van der Waals surface area contributed by atoms with Gasteiger partial charge in [-0.2, -0.15) is 0 Å². The Kier molecular flexibility index (Phi) is 4.57. The normalized spacial score (nSPS) is 13.8. The molecule has 0 aromatic heterocycles. The zero-order valence-corrected chi connectivity index (χ0v) is 14.0. The lowest BCUT2D eigenvalue weighted by Crippen LogP contribution is -2.38. The van der Waals surface area contributed by atoms with E-state index in [9.17, 15) is 4.79 Å². The van der Waals surface area contributed by atoms with Crippen LogP contribution in [0.15, 0.2) is 48.5 Å². The first-order valence-corrected chi connectivity index (χ1v) is 8.19. The summed E-state index contributed by atoms with van der Waals surface area (Å²) in [5.41, 5.74) is 4.82. The quantitative estimate of drug-likeness (QED) is 0.859. The molecule has 24 heavy (non-hydrogen) atoms. The first kappa shape index (κ1) is 16.1. The molecule has 0 fully saturated rings. The third-order valence-electron chi connectivity index (χ3n) is 4.46. The van der Waals surface area contributed by atoms with Gasteiger partial charge in [0.1, 0.15) is 6.61 Å². The van der Waals surface area contributed by atoms with Crippen LogP contribution in [0.4, 0.5) is 4.79 Å². The molecule has 2 aromatic carbocycles. The number of benzene rings is 2. The number of carbonyl (C=O) groups is 1. The number of ether oxygens (including phenoxy) is 1. The topological polar surface area (TPSA) is 38.3 Å². The molecule has 1 N–H and O–H groups in total. The van der Waals surface area contributed by atoms with Crippen molar-refractivity contribution in [3.05, 3.63) is 59.7 Å². The Morgan fingerprint density at radius 3 is 2.17 bits per heavy atom. The number of nitrogens with one attached hydrogen (secondary N) is 1. The third-order valence-corrected chi connectivity index (χ3v) is 4.46. The summed E-state index contributed by atoms with van der Waals surface area (Å²) in [5.74, 6) is 2.80. The predicted octanol–water partition coefficient (Wildman–Crippen LogP) is 4.18. The first-order valence-electron chi connectivity index (χ1n) is 8.19. The van der Waals surface area contributed by atoms with E-state index in [0.29, 0.717) is 6.61 Å². The van der Waals surface area contributed by atoms with Gasteiger partial charge in [0, 0.05) is 5.92 Å². The molecule has 3 heteroatoms. The van der Waals surface area contributed by atoms with E-state index in [0.717, 1.165) is 0 Å². The van der Waals surface area contributed by atoms with Crippen molar-refractivity contribution in [2.24, 2.45) is 5.92 Å². The van der Waals surface area contributed by atoms with Crippen molar-refractivity contribution in [2.75, 3.05) is 6.61 Å². The summed E-state index contributed by atoms with van der Waals surface area (Å²) in [5, 5.41) is 2.74. The SMILES string of the molecule is C#CC(NC(=O)OCC1c2ccccc2-c2ccccc21)C(C)C. The van der Waals surface area contributed by atoms with E-state index < -0.39 is 6.09 Å². The number of fused-ring (bicyclic) bond motifs is 3. The minimum absolute atomic E-state index is 0.0616. The lowest BCUT2D eigenvalue weighted by molar-refractivity contribution is 0.139. The molecule has 0 saturated carbocycles. The molecule has 1 aliphatic carbocycles. The predicted molar refractivity (Wildman–Crippen MR) is 95.7 cm³/mol. The molecule has 3 rings (SSSR count). The van der Waals surface area contributed by atoms with Crippen LogP contribution in [0.1, 0.15) is 30.9 Å². The highest BCUT2D eigenvalue weighted by Gasteiger charge is 2.29. The fourth-order valence-electron chi connectivity index (χ4n) is 3.17. The maximum absolute atomic E-state index is 12.1. The largest absolute Gasteiger partial charge is 0.449 e. The molecule has 1 amide bonds. The Labute approximate surface area is 143 Å². The van der Waals surface area contributed by atoms with Gasteiger partial charge in [-0.05, 0) is 28.2 Å². The molecule has 2 aromatic rings. The second-order valence-corrected chi connectivity index (χ2v) is 6.36. The van der Waals surface area contributed by atoms with Crippen molar-refractivity contribution < 1.29 is 9.53 Å². The molecule has 0 spiro atoms. The molecule has 1 unspecified atom stereocenters. The molecule has 1 aliphatic rings. The highest BCUT2D eigenvalue weighted by Crippen LogP contribution is 2.44. The molecule has 3 nitrogen and oxygen atoms in total. The number of rotatable bonds is 4. The summed E-state index contributed by atoms with van der Waals surface area (Å²) in [7, 11) is 0. The summed E-state index contributed by atoms with van der Waals surface area (Å²) in [6.45, 7) is 4.23. The van der Waals surface area contributed by atoms with Crippen molar-refractivity contribution in [3.8, 4) is 23.5 Å². The zero-order valence-electron chi connectivity index (χ0n) is 14.0. The van der Waals surface area contributed by atoms with Gasteiger partial charge in [-0.3, -0.25) is 0 Å². The molecular weight excluding hydrogens is 298 g/mol. The molecule has 0 heterocycles. The van der Waals surface area contributed by atoms with Crippen LogP contribution in [-0.2, 0) is 4.74 Å². The highest BCUT2D eigenvalue weighted by atomic mass is 16.5. The van der Waals surface area contributed by atoms with Crippen LogP contribution in [0, 0.1) is 18.3 Å². The van der Waals surface area contributed by atoms with E-state index in [2.05, 4.69) is 35.5 Å². The van der Waals surface area contributed by atoms with Crippen LogP contribution in [0.25, 0.3) is 11.1 Å². The molecule has 0 radical (unpaired) electrons. The molecule has 0 saturated heterocycles. The van der Waals surface area contributed by atoms with E-state index in [1.54, 1.807) is 0 Å². The Morgan fingerprint density at radius 1 is 1.12 bits per heavy atom. The highest BCUT2D eigenvalue weighted by molar-refractivity contribution is 5.79. The van der Waals surface area contributed by atoms with Crippen LogP contribution in [0.3, 0.4) is 0 Å². The molecule has 0 aliphatic heterocycles. The van der Waals surface area contributed by atoms with Gasteiger partial charge in [0.2, 0.25) is 0 Å². The number of hydrogen-bond acceptors (Lipinski definition) is 2. The van der Waals surface area contributed by atoms with Crippen LogP contribution in [0.2, 0.25) is 0 Å². The average Bonchev–Trinajstić information content (AvgIpc) is 2.91. The third kappa shape index (κ3) is 3.00. The minimum atomic E-state index is -0.464. The van der Waals surface area contributed by atoms with Crippen LogP contribution >= 0.6 is 0 Å². The number of hydrogen-bond donors (Lipinski definition) is 1. The molecule has 0 bridgehead atoms. The lowest BCUT2D eigenvalue weighted by atomic mass is 9.98. The van der Waals surface area contributed by atoms with Crippen LogP contribution < -0.4 is 5.32 Å². The van der Waals surface area contributed by atoms with Gasteiger partial charge in [-0.25, -0.2) is 4.79 Å². The Morgan fingerprint density at radius 2 is 1.67 bits per heavy atom. The number of terminal acetylenes is 1. The zero-order chi connectivity index (χ0) is 17.1. The number of amides is 1. The molecule has 122 valence electrons. The van der Waals surface area contributed by atoms with Crippen molar-refractivity contribution >= 4 is 6.09 Å². The summed E-state index contributed by atoms with van der Waals surface area (Å²) in [4.78, 5) is 12.1. The summed E-state index contributed by atoms with van der Waals surface area (Å²) >= 11 is 0. The summed E-state index contributed by atoms with van der Waals surface area (Å²) < 4.78 is 5.48. The summed E-state index contributed by atoms with van der Waals surface area (Å²) in [6, 6.07) is 16.2. The van der Waals surface area contributed by atoms with Gasteiger partial charge in [0.05, 0.1) is 6.04 Å². The summed E-state index contributed by atoms with van der Waals surface area (Å²) in [6.07, 6.45) is 4.98. The van der Waals surface area contributed by atoms with Gasteiger partial charge in [-0.1, -0.05) is 68.3 Å². The van der Waals surface area contributed by atoms with Gasteiger partial charge >= 0.3 is 6.09 Å². The Balaban J connectivity index is 1.74. The maximum atomic E-state index is 12.1. The number of carbonyl (C=O) groups excluding carboxylic acids is 1. The minimum Gasteiger partial charge on any atom is -0.449 e. The smallest absolute Gasteiger partial charge is 0.408 e. The van der Waals surface area contributed by atoms with Gasteiger partial charge in [-0.15, -0.1) is 6.42 Å². The van der Waals surface area contributed by atoms with Crippen LogP contribution in [-0.4, -0.2) is 18.7 Å². The Bertz CT molecular complexity index is 743. The molecule has 1 atom stereocenters. The fraction of sp³-hybridized carbons (Fsp3) is 0.286.